The van der Waals surface area contributed by atoms with Gasteiger partial charge in [0, 0.05) is 12.6 Å². The van der Waals surface area contributed by atoms with E-state index in [1.807, 2.05) is 30.3 Å². The smallest absolute Gasteiger partial charge is 0.263 e. The van der Waals surface area contributed by atoms with Crippen LogP contribution in [-0.4, -0.2) is 16.0 Å². The van der Waals surface area contributed by atoms with Gasteiger partial charge in [0.2, 0.25) is 0 Å². The first-order valence-electron chi connectivity index (χ1n) is 5.73. The van der Waals surface area contributed by atoms with Crippen molar-refractivity contribution in [1.29, 1.82) is 0 Å². The van der Waals surface area contributed by atoms with Gasteiger partial charge in [-0.3, -0.25) is 9.78 Å². The number of aromatic nitrogens is 1. The lowest BCUT2D eigenvalue weighted by atomic mass is 9.92. The van der Waals surface area contributed by atoms with Crippen molar-refractivity contribution in [1.82, 2.24) is 4.98 Å². The zero-order valence-corrected chi connectivity index (χ0v) is 9.63. The van der Waals surface area contributed by atoms with E-state index in [4.69, 9.17) is 0 Å². The van der Waals surface area contributed by atoms with Crippen molar-refractivity contribution in [3.05, 3.63) is 59.9 Å². The molecule has 2 aromatic rings. The van der Waals surface area contributed by atoms with E-state index in [1.165, 1.54) is 0 Å². The maximum absolute atomic E-state index is 12.0. The predicted molar refractivity (Wildman–Crippen MR) is 66.9 cm³/mol. The molecule has 1 amide bonds. The molecule has 2 N–H and O–H groups in total. The van der Waals surface area contributed by atoms with Crippen LogP contribution in [0.5, 0.6) is 0 Å². The Bertz CT molecular complexity index is 598. The average Bonchev–Trinajstić information content (AvgIpc) is 2.63. The number of benzene rings is 1. The highest BCUT2D eigenvalue weighted by Gasteiger charge is 2.46. The van der Waals surface area contributed by atoms with Gasteiger partial charge < -0.3 is 10.4 Å². The van der Waals surface area contributed by atoms with Crippen molar-refractivity contribution in [2.24, 2.45) is 0 Å². The van der Waals surface area contributed by atoms with E-state index in [2.05, 4.69) is 10.3 Å². The summed E-state index contributed by atoms with van der Waals surface area (Å²) >= 11 is 0. The number of amides is 1. The molecule has 2 heterocycles. The molecule has 90 valence electrons. The van der Waals surface area contributed by atoms with Crippen molar-refractivity contribution < 1.29 is 9.90 Å². The van der Waals surface area contributed by atoms with Crippen molar-refractivity contribution >= 4 is 11.6 Å². The Morgan fingerprint density at radius 2 is 1.94 bits per heavy atom. The molecule has 1 aliphatic rings. The number of hydrogen-bond donors (Lipinski definition) is 2. The van der Waals surface area contributed by atoms with Crippen LogP contribution >= 0.6 is 0 Å². The zero-order valence-electron chi connectivity index (χ0n) is 9.63. The highest BCUT2D eigenvalue weighted by molar-refractivity contribution is 6.04. The molecule has 1 aromatic carbocycles. The molecular formula is C14H12N2O2. The van der Waals surface area contributed by atoms with E-state index in [1.54, 1.807) is 18.3 Å². The van der Waals surface area contributed by atoms with Crippen LogP contribution in [0.4, 0.5) is 5.69 Å². The second kappa shape index (κ2) is 3.92. The molecule has 0 radical (unpaired) electrons. The lowest BCUT2D eigenvalue weighted by Crippen LogP contribution is -2.37. The van der Waals surface area contributed by atoms with Crippen molar-refractivity contribution in [3.63, 3.8) is 0 Å². The van der Waals surface area contributed by atoms with E-state index in [0.29, 0.717) is 11.4 Å². The molecule has 0 saturated carbocycles. The fraction of sp³-hybridized carbons (Fsp3) is 0.143. The second-order valence-corrected chi connectivity index (χ2v) is 4.38. The maximum atomic E-state index is 12.0. The van der Waals surface area contributed by atoms with Crippen LogP contribution in [0.25, 0.3) is 0 Å². The van der Waals surface area contributed by atoms with Gasteiger partial charge in [0.25, 0.3) is 5.91 Å². The normalized spacial score (nSPS) is 21.5. The van der Waals surface area contributed by atoms with E-state index in [-0.39, 0.29) is 6.42 Å². The number of pyridine rings is 1. The Morgan fingerprint density at radius 3 is 2.72 bits per heavy atom. The number of carbonyl (C=O) groups is 1. The third-order valence-electron chi connectivity index (χ3n) is 3.13. The minimum atomic E-state index is -1.57. The fourth-order valence-electron chi connectivity index (χ4n) is 2.22. The Morgan fingerprint density at radius 1 is 1.17 bits per heavy atom. The summed E-state index contributed by atoms with van der Waals surface area (Å²) in [4.78, 5) is 16.1. The Kier molecular flexibility index (Phi) is 2.38. The van der Waals surface area contributed by atoms with Crippen LogP contribution in [-0.2, 0) is 16.8 Å². The monoisotopic (exact) mass is 240 g/mol. The van der Waals surface area contributed by atoms with E-state index >= 15 is 0 Å². The number of anilines is 1. The van der Waals surface area contributed by atoms with E-state index in [9.17, 15) is 9.90 Å². The first kappa shape index (κ1) is 10.9. The zero-order chi connectivity index (χ0) is 12.6. The van der Waals surface area contributed by atoms with Gasteiger partial charge in [-0.1, -0.05) is 30.3 Å². The number of hydrogen-bond acceptors (Lipinski definition) is 3. The molecule has 4 nitrogen and oxygen atoms in total. The van der Waals surface area contributed by atoms with Crippen molar-refractivity contribution in [2.45, 2.75) is 12.0 Å². The molecule has 0 spiro atoms. The van der Waals surface area contributed by atoms with Crippen LogP contribution in [0.3, 0.4) is 0 Å². The van der Waals surface area contributed by atoms with Crippen LogP contribution in [0.2, 0.25) is 0 Å². The molecule has 1 atom stereocenters. The molecule has 0 fully saturated rings. The van der Waals surface area contributed by atoms with Gasteiger partial charge in [0.15, 0.2) is 5.60 Å². The molecule has 0 aliphatic carbocycles. The van der Waals surface area contributed by atoms with Gasteiger partial charge in [-0.05, 0) is 17.7 Å². The molecule has 1 aliphatic heterocycles. The van der Waals surface area contributed by atoms with Crippen LogP contribution < -0.4 is 5.32 Å². The minimum Gasteiger partial charge on any atom is -0.374 e. The Labute approximate surface area is 104 Å². The predicted octanol–water partition coefficient (Wildman–Crippen LogP) is 1.46. The van der Waals surface area contributed by atoms with Gasteiger partial charge in [0.1, 0.15) is 5.69 Å². The number of carbonyl (C=O) groups excluding carboxylic acids is 1. The maximum Gasteiger partial charge on any atom is 0.263 e. The van der Waals surface area contributed by atoms with Crippen LogP contribution in [0, 0.1) is 0 Å². The third-order valence-corrected chi connectivity index (χ3v) is 3.13. The molecule has 1 aromatic heterocycles. The standard InChI is InChI=1S/C14H12N2O2/c17-13-14(18,9-10-5-2-1-3-6-10)12-11(16-13)7-4-8-15-12/h1-8,18H,9H2,(H,16,17). The van der Waals surface area contributed by atoms with Crippen LogP contribution in [0.1, 0.15) is 11.3 Å². The number of nitrogens with one attached hydrogen (secondary N) is 1. The molecule has 3 rings (SSSR count). The van der Waals surface area contributed by atoms with Gasteiger partial charge in [-0.25, -0.2) is 0 Å². The van der Waals surface area contributed by atoms with Gasteiger partial charge in [-0.2, -0.15) is 0 Å². The summed E-state index contributed by atoms with van der Waals surface area (Å²) in [6.45, 7) is 0. The van der Waals surface area contributed by atoms with E-state index in [0.717, 1.165) is 5.56 Å². The molecule has 4 heteroatoms. The Balaban J connectivity index is 2.02. The molecule has 0 bridgehead atoms. The summed E-state index contributed by atoms with van der Waals surface area (Å²) in [5, 5.41) is 13.2. The van der Waals surface area contributed by atoms with Gasteiger partial charge in [-0.15, -0.1) is 0 Å². The second-order valence-electron chi connectivity index (χ2n) is 4.38. The summed E-state index contributed by atoms with van der Waals surface area (Å²) in [6, 6.07) is 12.9. The lowest BCUT2D eigenvalue weighted by molar-refractivity contribution is -0.133. The van der Waals surface area contributed by atoms with Gasteiger partial charge in [0.05, 0.1) is 5.69 Å². The lowest BCUT2D eigenvalue weighted by Gasteiger charge is -2.19. The Hall–Kier alpha value is -2.20. The molecule has 18 heavy (non-hydrogen) atoms. The first-order valence-corrected chi connectivity index (χ1v) is 5.73. The SMILES string of the molecule is O=C1Nc2cccnc2C1(O)Cc1ccccc1. The van der Waals surface area contributed by atoms with Crippen molar-refractivity contribution in [2.75, 3.05) is 5.32 Å². The topological polar surface area (TPSA) is 62.2 Å². The number of fused-ring (bicyclic) bond motifs is 1. The minimum absolute atomic E-state index is 0.226. The fourth-order valence-corrected chi connectivity index (χ4v) is 2.22. The molecular weight excluding hydrogens is 228 g/mol. The summed E-state index contributed by atoms with van der Waals surface area (Å²) in [7, 11) is 0. The highest BCUT2D eigenvalue weighted by Crippen LogP contribution is 2.36. The largest absolute Gasteiger partial charge is 0.374 e. The summed E-state index contributed by atoms with van der Waals surface area (Å²) in [5.41, 5.74) is 0.311. The van der Waals surface area contributed by atoms with Crippen molar-refractivity contribution in [3.8, 4) is 0 Å². The highest BCUT2D eigenvalue weighted by atomic mass is 16.3. The summed E-state index contributed by atoms with van der Waals surface area (Å²) in [6.07, 6.45) is 1.80. The average molecular weight is 240 g/mol. The van der Waals surface area contributed by atoms with Gasteiger partial charge >= 0.3 is 0 Å². The summed E-state index contributed by atoms with van der Waals surface area (Å²) < 4.78 is 0. The molecule has 0 saturated heterocycles. The third kappa shape index (κ3) is 1.58. The quantitative estimate of drug-likeness (QED) is 0.835. The summed E-state index contributed by atoms with van der Waals surface area (Å²) in [5.74, 6) is -0.417. The van der Waals surface area contributed by atoms with E-state index < -0.39 is 11.5 Å². The number of aliphatic hydroxyl groups is 1. The number of nitrogens with zero attached hydrogens (tertiary/aromatic N) is 1. The number of rotatable bonds is 2. The van der Waals surface area contributed by atoms with Crippen LogP contribution in [0.15, 0.2) is 48.7 Å². The molecule has 1 unspecified atom stereocenters. The first-order chi connectivity index (χ1) is 8.70.